The summed E-state index contributed by atoms with van der Waals surface area (Å²) in [6.07, 6.45) is 8.95. The van der Waals surface area contributed by atoms with Gasteiger partial charge in [0, 0.05) is 19.2 Å². The van der Waals surface area contributed by atoms with E-state index in [4.69, 9.17) is 9.47 Å². The number of urea groups is 1. The topological polar surface area (TPSA) is 112 Å². The Labute approximate surface area is 202 Å². The van der Waals surface area contributed by atoms with Gasteiger partial charge in [0.2, 0.25) is 5.91 Å². The van der Waals surface area contributed by atoms with Crippen LogP contribution < -0.4 is 25.7 Å². The summed E-state index contributed by atoms with van der Waals surface area (Å²) in [6, 6.07) is 2.68. The van der Waals surface area contributed by atoms with Crippen molar-refractivity contribution in [1.29, 1.82) is 0 Å². The van der Waals surface area contributed by atoms with Crippen LogP contribution in [-0.2, 0) is 11.3 Å². The van der Waals surface area contributed by atoms with Crippen molar-refractivity contribution in [1.82, 2.24) is 20.2 Å². The molecule has 1 aromatic heterocycles. The van der Waals surface area contributed by atoms with Gasteiger partial charge < -0.3 is 14.8 Å². The lowest BCUT2D eigenvalue weighted by Crippen LogP contribution is -2.40. The molecule has 1 aliphatic carbocycles. The molecule has 3 amide bonds. The van der Waals surface area contributed by atoms with Crippen molar-refractivity contribution >= 4 is 34.6 Å². The quantitative estimate of drug-likeness (QED) is 0.301. The molecule has 0 atom stereocenters. The molecule has 0 spiro atoms. The molecule has 0 bridgehead atoms. The van der Waals surface area contributed by atoms with Crippen molar-refractivity contribution < 1.29 is 19.1 Å². The van der Waals surface area contributed by atoms with Crippen LogP contribution in [0.4, 0.5) is 4.79 Å². The number of aromatic nitrogens is 2. The number of rotatable bonds is 10. The summed E-state index contributed by atoms with van der Waals surface area (Å²) < 4.78 is 12.3. The predicted molar refractivity (Wildman–Crippen MR) is 133 cm³/mol. The summed E-state index contributed by atoms with van der Waals surface area (Å²) in [4.78, 5) is 42.1. The fourth-order valence-electron chi connectivity index (χ4n) is 3.72. The van der Waals surface area contributed by atoms with E-state index in [1.54, 1.807) is 16.7 Å². The number of imide groups is 1. The third-order valence-corrected chi connectivity index (χ3v) is 6.43. The summed E-state index contributed by atoms with van der Waals surface area (Å²) >= 11 is 1.11. The number of nitrogens with one attached hydrogen (secondary N) is 2. The maximum absolute atomic E-state index is 13.5. The number of nitrogens with zero attached hydrogens (tertiary/aromatic N) is 2. The summed E-state index contributed by atoms with van der Waals surface area (Å²) in [7, 11) is 3.03. The zero-order valence-electron chi connectivity index (χ0n) is 19.5. The van der Waals surface area contributed by atoms with E-state index in [9.17, 15) is 14.4 Å². The Morgan fingerprint density at radius 2 is 2.00 bits per heavy atom. The van der Waals surface area contributed by atoms with Gasteiger partial charge in [-0.15, -0.1) is 6.58 Å². The number of ether oxygens (including phenoxy) is 2. The summed E-state index contributed by atoms with van der Waals surface area (Å²) in [6.45, 7) is 4.21. The molecule has 2 N–H and O–H groups in total. The van der Waals surface area contributed by atoms with Gasteiger partial charge in [-0.1, -0.05) is 29.5 Å². The van der Waals surface area contributed by atoms with E-state index in [2.05, 4.69) is 28.3 Å². The molecular formula is C24H30N4O5S. The zero-order valence-corrected chi connectivity index (χ0v) is 20.3. The number of carbonyl (C=O) groups excluding carboxylic acids is 2. The van der Waals surface area contributed by atoms with E-state index < -0.39 is 11.9 Å². The zero-order chi connectivity index (χ0) is 24.5. The number of hydrogen-bond donors (Lipinski definition) is 2. The van der Waals surface area contributed by atoms with Crippen LogP contribution in [0.15, 0.2) is 46.4 Å². The molecule has 182 valence electrons. The molecule has 0 saturated heterocycles. The van der Waals surface area contributed by atoms with E-state index in [-0.39, 0.29) is 17.9 Å². The molecule has 0 fully saturated rings. The van der Waals surface area contributed by atoms with Crippen molar-refractivity contribution in [2.45, 2.75) is 43.8 Å². The third kappa shape index (κ3) is 6.40. The number of fused-ring (bicyclic) bond motifs is 1. The summed E-state index contributed by atoms with van der Waals surface area (Å²) in [5.41, 5.74) is 1.56. The van der Waals surface area contributed by atoms with Crippen LogP contribution in [0, 0.1) is 0 Å². The first kappa shape index (κ1) is 25.4. The Balaban J connectivity index is 1.90. The lowest BCUT2D eigenvalue weighted by Gasteiger charge is -2.17. The lowest BCUT2D eigenvalue weighted by molar-refractivity contribution is -0.117. The monoisotopic (exact) mass is 486 g/mol. The van der Waals surface area contributed by atoms with Crippen LogP contribution in [0.25, 0.3) is 10.9 Å². The number of methoxy groups -OCH3 is 2. The molecular weight excluding hydrogens is 456 g/mol. The number of thioether (sulfide) groups is 1. The van der Waals surface area contributed by atoms with Crippen LogP contribution >= 0.6 is 11.8 Å². The fourth-order valence-corrected chi connectivity index (χ4v) is 4.55. The number of carbonyl (C=O) groups is 2. The van der Waals surface area contributed by atoms with Crippen molar-refractivity contribution in [3.05, 3.63) is 46.8 Å². The first-order valence-corrected chi connectivity index (χ1v) is 12.1. The average Bonchev–Trinajstić information content (AvgIpc) is 2.85. The van der Waals surface area contributed by atoms with E-state index in [1.165, 1.54) is 32.3 Å². The fraction of sp³-hybridized carbons (Fsp3) is 0.417. The molecule has 0 aliphatic heterocycles. The largest absolute Gasteiger partial charge is 0.493 e. The van der Waals surface area contributed by atoms with E-state index in [0.29, 0.717) is 34.1 Å². The molecule has 0 saturated carbocycles. The summed E-state index contributed by atoms with van der Waals surface area (Å²) in [5.74, 6) is 0.338. The van der Waals surface area contributed by atoms with Gasteiger partial charge in [0.25, 0.3) is 5.56 Å². The molecule has 1 aliphatic rings. The Hall–Kier alpha value is -3.27. The predicted octanol–water partition coefficient (Wildman–Crippen LogP) is 3.41. The molecule has 1 aromatic carbocycles. The van der Waals surface area contributed by atoms with E-state index in [1.807, 2.05) is 0 Å². The molecule has 2 aromatic rings. The molecule has 1 heterocycles. The van der Waals surface area contributed by atoms with Gasteiger partial charge in [-0.05, 0) is 38.2 Å². The first-order valence-electron chi connectivity index (χ1n) is 11.1. The normalized spacial score (nSPS) is 13.2. The lowest BCUT2D eigenvalue weighted by atomic mass is 9.97. The van der Waals surface area contributed by atoms with E-state index >= 15 is 0 Å². The van der Waals surface area contributed by atoms with Gasteiger partial charge in [0.1, 0.15) is 0 Å². The highest BCUT2D eigenvalue weighted by atomic mass is 32.2. The number of amides is 3. The van der Waals surface area contributed by atoms with Gasteiger partial charge >= 0.3 is 6.03 Å². The molecule has 3 rings (SSSR count). The van der Waals surface area contributed by atoms with Gasteiger partial charge in [0.05, 0.1) is 30.9 Å². The van der Waals surface area contributed by atoms with Crippen LogP contribution in [0.1, 0.15) is 32.1 Å². The Morgan fingerprint density at radius 1 is 1.24 bits per heavy atom. The van der Waals surface area contributed by atoms with Crippen LogP contribution in [0.3, 0.4) is 0 Å². The summed E-state index contributed by atoms with van der Waals surface area (Å²) in [5, 5.41) is 5.56. The first-order chi connectivity index (χ1) is 16.5. The second-order valence-corrected chi connectivity index (χ2v) is 8.71. The maximum atomic E-state index is 13.5. The van der Waals surface area contributed by atoms with Gasteiger partial charge in [-0.25, -0.2) is 9.78 Å². The number of hydrogen-bond acceptors (Lipinski definition) is 7. The minimum Gasteiger partial charge on any atom is -0.493 e. The second kappa shape index (κ2) is 12.3. The maximum Gasteiger partial charge on any atom is 0.321 e. The van der Waals surface area contributed by atoms with Gasteiger partial charge in [-0.3, -0.25) is 19.5 Å². The smallest absolute Gasteiger partial charge is 0.321 e. The van der Waals surface area contributed by atoms with E-state index in [0.717, 1.165) is 37.4 Å². The van der Waals surface area contributed by atoms with Crippen molar-refractivity contribution in [3.63, 3.8) is 0 Å². The van der Waals surface area contributed by atoms with Gasteiger partial charge in [0.15, 0.2) is 16.7 Å². The highest BCUT2D eigenvalue weighted by Gasteiger charge is 2.18. The van der Waals surface area contributed by atoms with Crippen molar-refractivity contribution in [2.24, 2.45) is 0 Å². The minimum atomic E-state index is -0.601. The Bertz CT molecular complexity index is 1160. The Kier molecular flexibility index (Phi) is 9.15. The highest BCUT2D eigenvalue weighted by molar-refractivity contribution is 7.99. The standard InChI is InChI=1S/C24H30N4O5S/c1-4-11-25-23(31)27-21(29)15-34-24-26-18-14-20(33-3)19(32-2)13-17(18)22(30)28(24)12-10-16-8-6-5-7-9-16/h4,8,13-14H,1,5-7,9-12,15H2,2-3H3,(H2,25,27,29,31). The van der Waals surface area contributed by atoms with Crippen LogP contribution in [-0.4, -0.2) is 48.0 Å². The molecule has 0 radical (unpaired) electrons. The molecule has 10 heteroatoms. The molecule has 34 heavy (non-hydrogen) atoms. The van der Waals surface area contributed by atoms with Crippen molar-refractivity contribution in [2.75, 3.05) is 26.5 Å². The minimum absolute atomic E-state index is 0.0740. The van der Waals surface area contributed by atoms with Crippen LogP contribution in [0.2, 0.25) is 0 Å². The number of allylic oxidation sites excluding steroid dienone is 2. The van der Waals surface area contributed by atoms with Crippen LogP contribution in [0.5, 0.6) is 11.5 Å². The van der Waals surface area contributed by atoms with Gasteiger partial charge in [-0.2, -0.15) is 0 Å². The van der Waals surface area contributed by atoms with Crippen molar-refractivity contribution in [3.8, 4) is 11.5 Å². The third-order valence-electron chi connectivity index (χ3n) is 5.46. The molecule has 9 nitrogen and oxygen atoms in total. The molecule has 0 unspecified atom stereocenters. The number of benzene rings is 1. The second-order valence-electron chi connectivity index (χ2n) is 7.77. The highest BCUT2D eigenvalue weighted by Crippen LogP contribution is 2.31. The Morgan fingerprint density at radius 3 is 2.68 bits per heavy atom. The SMILES string of the molecule is C=CCNC(=O)NC(=O)CSc1nc2cc(OC)c(OC)cc2c(=O)n1CCC1=CCCCC1. The average molecular weight is 487 g/mol.